The molecule has 0 saturated carbocycles. The summed E-state index contributed by atoms with van der Waals surface area (Å²) >= 11 is 0. The standard InChI is InChI=1S/C13H24N2O2/c1-13(6-3-9-17-13)12(16)15-7-4-11(5-8-15)10-14-2/h11,14H,3-10H2,1-2H3. The van der Waals surface area contributed by atoms with Gasteiger partial charge in [0, 0.05) is 19.7 Å². The highest BCUT2D eigenvalue weighted by Crippen LogP contribution is 2.29. The number of piperidine rings is 1. The summed E-state index contributed by atoms with van der Waals surface area (Å²) < 4.78 is 5.63. The Kier molecular flexibility index (Phi) is 4.05. The highest BCUT2D eigenvalue weighted by molar-refractivity contribution is 5.85. The summed E-state index contributed by atoms with van der Waals surface area (Å²) in [6.07, 6.45) is 4.12. The van der Waals surface area contributed by atoms with Crippen LogP contribution in [-0.2, 0) is 9.53 Å². The first-order valence-corrected chi connectivity index (χ1v) is 6.73. The van der Waals surface area contributed by atoms with Gasteiger partial charge < -0.3 is 15.0 Å². The van der Waals surface area contributed by atoms with E-state index in [0.29, 0.717) is 0 Å². The van der Waals surface area contributed by atoms with Gasteiger partial charge in [0.25, 0.3) is 5.91 Å². The van der Waals surface area contributed by atoms with Gasteiger partial charge in [0.1, 0.15) is 5.60 Å². The van der Waals surface area contributed by atoms with Gasteiger partial charge in [-0.1, -0.05) is 0 Å². The quantitative estimate of drug-likeness (QED) is 0.800. The van der Waals surface area contributed by atoms with Crippen LogP contribution in [0.3, 0.4) is 0 Å². The third-order valence-corrected chi connectivity index (χ3v) is 4.07. The monoisotopic (exact) mass is 240 g/mol. The van der Waals surface area contributed by atoms with Crippen LogP contribution >= 0.6 is 0 Å². The maximum absolute atomic E-state index is 12.4. The van der Waals surface area contributed by atoms with E-state index in [-0.39, 0.29) is 5.91 Å². The lowest BCUT2D eigenvalue weighted by Gasteiger charge is -2.36. The Morgan fingerprint density at radius 1 is 1.47 bits per heavy atom. The molecular formula is C13H24N2O2. The summed E-state index contributed by atoms with van der Waals surface area (Å²) in [6.45, 7) is 5.53. The Balaban J connectivity index is 1.86. The molecule has 0 radical (unpaired) electrons. The van der Waals surface area contributed by atoms with E-state index in [9.17, 15) is 4.79 Å². The molecule has 98 valence electrons. The van der Waals surface area contributed by atoms with Crippen LogP contribution < -0.4 is 5.32 Å². The molecule has 0 aromatic carbocycles. The maximum Gasteiger partial charge on any atom is 0.254 e. The molecule has 2 rings (SSSR count). The van der Waals surface area contributed by atoms with Crippen molar-refractivity contribution >= 4 is 5.91 Å². The molecule has 0 aromatic rings. The summed E-state index contributed by atoms with van der Waals surface area (Å²) in [4.78, 5) is 14.4. The number of nitrogens with zero attached hydrogens (tertiary/aromatic N) is 1. The van der Waals surface area contributed by atoms with Gasteiger partial charge in [-0.3, -0.25) is 4.79 Å². The lowest BCUT2D eigenvalue weighted by atomic mass is 9.94. The lowest BCUT2D eigenvalue weighted by Crippen LogP contribution is -2.50. The SMILES string of the molecule is CNCC1CCN(C(=O)C2(C)CCCO2)CC1. The zero-order valence-electron chi connectivity index (χ0n) is 11.0. The van der Waals surface area contributed by atoms with Gasteiger partial charge >= 0.3 is 0 Å². The van der Waals surface area contributed by atoms with Crippen molar-refractivity contribution in [3.05, 3.63) is 0 Å². The Labute approximate surface area is 104 Å². The minimum atomic E-state index is -0.532. The van der Waals surface area contributed by atoms with E-state index in [1.165, 1.54) is 0 Å². The first-order chi connectivity index (χ1) is 8.15. The van der Waals surface area contributed by atoms with Crippen LogP contribution in [0.25, 0.3) is 0 Å². The number of carbonyl (C=O) groups excluding carboxylic acids is 1. The number of hydrogen-bond acceptors (Lipinski definition) is 3. The van der Waals surface area contributed by atoms with Crippen LogP contribution in [0.1, 0.15) is 32.6 Å². The van der Waals surface area contributed by atoms with Gasteiger partial charge in [0.2, 0.25) is 0 Å². The summed E-state index contributed by atoms with van der Waals surface area (Å²) in [7, 11) is 1.99. The number of rotatable bonds is 3. The summed E-state index contributed by atoms with van der Waals surface area (Å²) in [5, 5.41) is 3.22. The summed E-state index contributed by atoms with van der Waals surface area (Å²) in [5.41, 5.74) is -0.532. The second-order valence-electron chi connectivity index (χ2n) is 5.48. The summed E-state index contributed by atoms with van der Waals surface area (Å²) in [6, 6.07) is 0. The van der Waals surface area contributed by atoms with Gasteiger partial charge in [-0.2, -0.15) is 0 Å². The number of nitrogens with one attached hydrogen (secondary N) is 1. The molecule has 4 heteroatoms. The molecule has 2 fully saturated rings. The third-order valence-electron chi connectivity index (χ3n) is 4.07. The highest BCUT2D eigenvalue weighted by Gasteiger charge is 2.41. The fraction of sp³-hybridized carbons (Fsp3) is 0.923. The van der Waals surface area contributed by atoms with E-state index in [4.69, 9.17) is 4.74 Å². The van der Waals surface area contributed by atoms with Gasteiger partial charge in [-0.25, -0.2) is 0 Å². The molecule has 1 atom stereocenters. The Hall–Kier alpha value is -0.610. The third kappa shape index (κ3) is 2.80. The first kappa shape index (κ1) is 12.8. The lowest BCUT2D eigenvalue weighted by molar-refractivity contribution is -0.152. The predicted octanol–water partition coefficient (Wildman–Crippen LogP) is 1.01. The molecule has 1 N–H and O–H groups in total. The second kappa shape index (κ2) is 5.36. The van der Waals surface area contributed by atoms with Crippen LogP contribution in [-0.4, -0.2) is 49.7 Å². The van der Waals surface area contributed by atoms with Crippen molar-refractivity contribution in [3.63, 3.8) is 0 Å². The van der Waals surface area contributed by atoms with Gasteiger partial charge in [0.15, 0.2) is 0 Å². The fourth-order valence-electron chi connectivity index (χ4n) is 2.91. The Morgan fingerprint density at radius 2 is 2.18 bits per heavy atom. The number of likely N-dealkylation sites (tertiary alicyclic amines) is 1. The minimum absolute atomic E-state index is 0.206. The van der Waals surface area contributed by atoms with Crippen molar-refractivity contribution in [1.82, 2.24) is 10.2 Å². The zero-order valence-corrected chi connectivity index (χ0v) is 11.0. The van der Waals surface area contributed by atoms with Gasteiger partial charge in [-0.15, -0.1) is 0 Å². The number of ether oxygens (including phenoxy) is 1. The average molecular weight is 240 g/mol. The fourth-order valence-corrected chi connectivity index (χ4v) is 2.91. The van der Waals surface area contributed by atoms with Crippen molar-refractivity contribution in [2.75, 3.05) is 33.3 Å². The minimum Gasteiger partial charge on any atom is -0.365 e. The normalized spacial score (nSPS) is 30.8. The molecule has 2 heterocycles. The molecule has 0 spiro atoms. The first-order valence-electron chi connectivity index (χ1n) is 6.73. The number of hydrogen-bond donors (Lipinski definition) is 1. The molecular weight excluding hydrogens is 216 g/mol. The smallest absolute Gasteiger partial charge is 0.254 e. The summed E-state index contributed by atoms with van der Waals surface area (Å²) in [5.74, 6) is 0.930. The predicted molar refractivity (Wildman–Crippen MR) is 66.8 cm³/mol. The maximum atomic E-state index is 12.4. The molecule has 4 nitrogen and oxygen atoms in total. The van der Waals surface area contributed by atoms with Crippen LogP contribution in [0.15, 0.2) is 0 Å². The molecule has 1 unspecified atom stereocenters. The largest absolute Gasteiger partial charge is 0.365 e. The highest BCUT2D eigenvalue weighted by atomic mass is 16.5. The molecule has 1 amide bonds. The molecule has 0 aromatic heterocycles. The average Bonchev–Trinajstić information content (AvgIpc) is 2.78. The van der Waals surface area contributed by atoms with Crippen LogP contribution in [0, 0.1) is 5.92 Å². The molecule has 0 aliphatic carbocycles. The van der Waals surface area contributed by atoms with E-state index in [2.05, 4.69) is 5.32 Å². The molecule has 2 saturated heterocycles. The molecule has 0 bridgehead atoms. The van der Waals surface area contributed by atoms with Crippen molar-refractivity contribution in [1.29, 1.82) is 0 Å². The topological polar surface area (TPSA) is 41.6 Å². The van der Waals surface area contributed by atoms with Gasteiger partial charge in [0.05, 0.1) is 0 Å². The number of amides is 1. The molecule has 17 heavy (non-hydrogen) atoms. The second-order valence-corrected chi connectivity index (χ2v) is 5.48. The van der Waals surface area contributed by atoms with Crippen LogP contribution in [0.5, 0.6) is 0 Å². The van der Waals surface area contributed by atoms with Crippen LogP contribution in [0.2, 0.25) is 0 Å². The van der Waals surface area contributed by atoms with E-state index >= 15 is 0 Å². The zero-order chi connectivity index (χ0) is 12.3. The Bertz CT molecular complexity index is 267. The van der Waals surface area contributed by atoms with Crippen molar-refractivity contribution in [3.8, 4) is 0 Å². The van der Waals surface area contributed by atoms with Crippen molar-refractivity contribution in [2.24, 2.45) is 5.92 Å². The molecule has 2 aliphatic heterocycles. The van der Waals surface area contributed by atoms with E-state index in [1.807, 2.05) is 18.9 Å². The van der Waals surface area contributed by atoms with E-state index in [1.54, 1.807) is 0 Å². The van der Waals surface area contributed by atoms with Crippen molar-refractivity contribution in [2.45, 2.75) is 38.2 Å². The van der Waals surface area contributed by atoms with Crippen molar-refractivity contribution < 1.29 is 9.53 Å². The van der Waals surface area contributed by atoms with E-state index < -0.39 is 5.60 Å². The van der Waals surface area contributed by atoms with Gasteiger partial charge in [-0.05, 0) is 52.1 Å². The number of carbonyl (C=O) groups is 1. The van der Waals surface area contributed by atoms with Crippen LogP contribution in [0.4, 0.5) is 0 Å². The van der Waals surface area contributed by atoms with E-state index in [0.717, 1.165) is 57.8 Å². The molecule has 2 aliphatic rings. The Morgan fingerprint density at radius 3 is 2.71 bits per heavy atom.